The third-order valence-corrected chi connectivity index (χ3v) is 3.54. The lowest BCUT2D eigenvalue weighted by Crippen LogP contribution is -2.33. The van der Waals surface area contributed by atoms with Crippen LogP contribution >= 0.6 is 0 Å². The van der Waals surface area contributed by atoms with Gasteiger partial charge in [-0.1, -0.05) is 36.4 Å². The Balaban J connectivity index is 2.07. The maximum atomic E-state index is 11.7. The van der Waals surface area contributed by atoms with Crippen molar-refractivity contribution in [2.45, 2.75) is 32.8 Å². The van der Waals surface area contributed by atoms with Crippen molar-refractivity contribution in [1.82, 2.24) is 5.32 Å². The number of carbonyl (C=O) groups excluding carboxylic acids is 1. The van der Waals surface area contributed by atoms with Gasteiger partial charge in [-0.3, -0.25) is 0 Å². The van der Waals surface area contributed by atoms with Gasteiger partial charge in [0.05, 0.1) is 0 Å². The first-order chi connectivity index (χ1) is 12.4. The molecule has 0 heterocycles. The first-order valence-corrected chi connectivity index (χ1v) is 8.66. The number of amides is 1. The van der Waals surface area contributed by atoms with E-state index in [1.54, 1.807) is 7.11 Å². The molecule has 0 aliphatic rings. The van der Waals surface area contributed by atoms with E-state index in [-0.39, 0.29) is 6.79 Å². The normalized spacial score (nSPS) is 11.1. The summed E-state index contributed by atoms with van der Waals surface area (Å²) >= 11 is 0. The molecule has 0 fully saturated rings. The molecule has 0 bridgehead atoms. The summed E-state index contributed by atoms with van der Waals surface area (Å²) in [6.07, 6.45) is 0.296. The van der Waals surface area contributed by atoms with Gasteiger partial charge in [0.2, 0.25) is 0 Å². The minimum absolute atomic E-state index is 0.194. The topological polar surface area (TPSA) is 56.8 Å². The molecule has 0 atom stereocenters. The maximum Gasteiger partial charge on any atom is 0.407 e. The summed E-state index contributed by atoms with van der Waals surface area (Å²) in [6, 6.07) is 16.1. The molecule has 1 amide bonds. The molecular formula is C21H27NO4. The fourth-order valence-corrected chi connectivity index (χ4v) is 2.45. The van der Waals surface area contributed by atoms with E-state index in [1.807, 2.05) is 63.2 Å². The minimum Gasteiger partial charge on any atom is -0.467 e. The molecule has 2 aromatic carbocycles. The van der Waals surface area contributed by atoms with Crippen molar-refractivity contribution in [3.63, 3.8) is 0 Å². The van der Waals surface area contributed by atoms with Crippen LogP contribution in [0.1, 0.15) is 26.3 Å². The summed E-state index contributed by atoms with van der Waals surface area (Å²) in [4.78, 5) is 11.7. The molecule has 0 radical (unpaired) electrons. The zero-order valence-corrected chi connectivity index (χ0v) is 15.9. The minimum atomic E-state index is -0.495. The Labute approximate surface area is 155 Å². The number of benzene rings is 2. The Morgan fingerprint density at radius 2 is 1.81 bits per heavy atom. The summed E-state index contributed by atoms with van der Waals surface area (Å²) in [5.41, 5.74) is 2.67. The van der Waals surface area contributed by atoms with E-state index in [0.29, 0.717) is 13.0 Å². The van der Waals surface area contributed by atoms with Gasteiger partial charge in [0.1, 0.15) is 11.4 Å². The van der Waals surface area contributed by atoms with Gasteiger partial charge >= 0.3 is 6.09 Å². The number of alkyl carbamates (subject to hydrolysis) is 1. The first-order valence-electron chi connectivity index (χ1n) is 8.66. The van der Waals surface area contributed by atoms with Crippen LogP contribution < -0.4 is 10.1 Å². The SMILES string of the molecule is COCOc1ccc(CCNC(=O)OC(C)(C)C)cc1-c1ccccc1. The van der Waals surface area contributed by atoms with E-state index in [2.05, 4.69) is 11.4 Å². The van der Waals surface area contributed by atoms with Crippen LogP contribution in [0, 0.1) is 0 Å². The summed E-state index contributed by atoms with van der Waals surface area (Å²) in [7, 11) is 1.60. The lowest BCUT2D eigenvalue weighted by Gasteiger charge is -2.19. The van der Waals surface area contributed by atoms with Crippen molar-refractivity contribution in [3.8, 4) is 16.9 Å². The molecule has 0 saturated carbocycles. The summed E-state index contributed by atoms with van der Waals surface area (Å²) in [6.45, 7) is 6.23. The van der Waals surface area contributed by atoms with Gasteiger partial charge in [0, 0.05) is 19.2 Å². The molecule has 0 spiro atoms. The Kier molecular flexibility index (Phi) is 7.04. The summed E-state index contributed by atoms with van der Waals surface area (Å²) in [5, 5.41) is 2.78. The van der Waals surface area contributed by atoms with Crippen molar-refractivity contribution in [2.75, 3.05) is 20.4 Å². The van der Waals surface area contributed by atoms with Gasteiger partial charge in [-0.15, -0.1) is 0 Å². The van der Waals surface area contributed by atoms with E-state index < -0.39 is 11.7 Å². The van der Waals surface area contributed by atoms with Crippen LogP contribution in [0.5, 0.6) is 5.75 Å². The van der Waals surface area contributed by atoms with Gasteiger partial charge < -0.3 is 19.5 Å². The Hall–Kier alpha value is -2.53. The van der Waals surface area contributed by atoms with Crippen LogP contribution in [-0.4, -0.2) is 32.1 Å². The average molecular weight is 357 g/mol. The highest BCUT2D eigenvalue weighted by molar-refractivity contribution is 5.71. The molecule has 26 heavy (non-hydrogen) atoms. The molecule has 0 aliphatic carbocycles. The van der Waals surface area contributed by atoms with Gasteiger partial charge in [-0.2, -0.15) is 0 Å². The lowest BCUT2D eigenvalue weighted by molar-refractivity contribution is 0.0513. The molecule has 140 valence electrons. The van der Waals surface area contributed by atoms with Gasteiger partial charge in [0.25, 0.3) is 0 Å². The van der Waals surface area contributed by atoms with E-state index in [1.165, 1.54) is 0 Å². The monoisotopic (exact) mass is 357 g/mol. The van der Waals surface area contributed by atoms with E-state index >= 15 is 0 Å². The Morgan fingerprint density at radius 1 is 1.08 bits per heavy atom. The van der Waals surface area contributed by atoms with E-state index in [9.17, 15) is 4.79 Å². The van der Waals surface area contributed by atoms with Crippen LogP contribution in [0.3, 0.4) is 0 Å². The molecule has 0 unspecified atom stereocenters. The Bertz CT molecular complexity index is 708. The van der Waals surface area contributed by atoms with E-state index in [0.717, 1.165) is 22.4 Å². The number of carbonyl (C=O) groups is 1. The predicted molar refractivity (Wildman–Crippen MR) is 102 cm³/mol. The Morgan fingerprint density at radius 3 is 2.46 bits per heavy atom. The number of nitrogens with one attached hydrogen (secondary N) is 1. The second-order valence-electron chi connectivity index (χ2n) is 6.93. The number of rotatable bonds is 7. The third-order valence-electron chi connectivity index (χ3n) is 3.54. The van der Waals surface area contributed by atoms with Gasteiger partial charge in [-0.05, 0) is 50.5 Å². The van der Waals surface area contributed by atoms with Crippen LogP contribution in [0.4, 0.5) is 4.79 Å². The summed E-state index contributed by atoms with van der Waals surface area (Å²) < 4.78 is 15.9. The first kappa shape index (κ1) is 19.8. The fourth-order valence-electron chi connectivity index (χ4n) is 2.45. The summed E-state index contributed by atoms with van der Waals surface area (Å²) in [5.74, 6) is 0.766. The van der Waals surface area contributed by atoms with Crippen LogP contribution in [0.2, 0.25) is 0 Å². The van der Waals surface area contributed by atoms with Crippen molar-refractivity contribution in [1.29, 1.82) is 0 Å². The molecule has 0 aliphatic heterocycles. The second kappa shape index (κ2) is 9.25. The highest BCUT2D eigenvalue weighted by Crippen LogP contribution is 2.31. The van der Waals surface area contributed by atoms with Gasteiger partial charge in [-0.25, -0.2) is 4.79 Å². The third kappa shape index (κ3) is 6.41. The standard InChI is InChI=1S/C21H27NO4/c1-21(2,3)26-20(23)22-13-12-16-10-11-19(25-15-24-4)18(14-16)17-8-6-5-7-9-17/h5-11,14H,12-13,15H2,1-4H3,(H,22,23). The molecular weight excluding hydrogens is 330 g/mol. The molecule has 1 N–H and O–H groups in total. The van der Waals surface area contributed by atoms with Crippen molar-refractivity contribution in [3.05, 3.63) is 54.1 Å². The van der Waals surface area contributed by atoms with Crippen LogP contribution in [0.25, 0.3) is 11.1 Å². The van der Waals surface area contributed by atoms with Crippen LogP contribution in [-0.2, 0) is 15.9 Å². The molecule has 5 nitrogen and oxygen atoms in total. The largest absolute Gasteiger partial charge is 0.467 e. The van der Waals surface area contributed by atoms with Crippen molar-refractivity contribution >= 4 is 6.09 Å². The second-order valence-corrected chi connectivity index (χ2v) is 6.93. The lowest BCUT2D eigenvalue weighted by atomic mass is 10.0. The zero-order chi connectivity index (χ0) is 19.0. The smallest absolute Gasteiger partial charge is 0.407 e. The van der Waals surface area contributed by atoms with E-state index in [4.69, 9.17) is 14.2 Å². The molecule has 5 heteroatoms. The number of ether oxygens (including phenoxy) is 3. The molecule has 2 aromatic rings. The zero-order valence-electron chi connectivity index (χ0n) is 15.9. The quantitative estimate of drug-likeness (QED) is 0.746. The fraction of sp³-hybridized carbons (Fsp3) is 0.381. The number of hydrogen-bond acceptors (Lipinski definition) is 4. The van der Waals surface area contributed by atoms with Crippen LogP contribution in [0.15, 0.2) is 48.5 Å². The number of hydrogen-bond donors (Lipinski definition) is 1. The number of methoxy groups -OCH3 is 1. The van der Waals surface area contributed by atoms with Crippen molar-refractivity contribution < 1.29 is 19.0 Å². The predicted octanol–water partition coefficient (Wildman–Crippen LogP) is 4.40. The maximum absolute atomic E-state index is 11.7. The van der Waals surface area contributed by atoms with Crippen molar-refractivity contribution in [2.24, 2.45) is 0 Å². The highest BCUT2D eigenvalue weighted by atomic mass is 16.7. The highest BCUT2D eigenvalue weighted by Gasteiger charge is 2.15. The average Bonchev–Trinajstić information content (AvgIpc) is 2.59. The van der Waals surface area contributed by atoms with Gasteiger partial charge in [0.15, 0.2) is 6.79 Å². The molecule has 2 rings (SSSR count). The molecule has 0 aromatic heterocycles. The molecule has 0 saturated heterocycles.